The van der Waals surface area contributed by atoms with Gasteiger partial charge in [0.25, 0.3) is 5.56 Å². The minimum Gasteiger partial charge on any atom is -0.398 e. The van der Waals surface area contributed by atoms with Crippen LogP contribution in [-0.2, 0) is 0 Å². The van der Waals surface area contributed by atoms with Crippen LogP contribution in [0.25, 0.3) is 22.0 Å². The normalized spacial score (nSPS) is 10.7. The molecule has 1 aromatic heterocycles. The van der Waals surface area contributed by atoms with E-state index >= 15 is 0 Å². The summed E-state index contributed by atoms with van der Waals surface area (Å²) in [4.78, 5) is 11.7. The van der Waals surface area contributed by atoms with E-state index < -0.39 is 0 Å². The van der Waals surface area contributed by atoms with Crippen LogP contribution in [0, 0.1) is 0 Å². The maximum absolute atomic E-state index is 11.7. The minimum atomic E-state index is -0.191. The van der Waals surface area contributed by atoms with Crippen LogP contribution >= 0.6 is 0 Å². The lowest BCUT2D eigenvalue weighted by atomic mass is 10.0. The zero-order valence-electron chi connectivity index (χ0n) is 9.55. The number of hydrogen-bond acceptors (Lipinski definition) is 3. The van der Waals surface area contributed by atoms with Gasteiger partial charge in [0.15, 0.2) is 0 Å². The molecule has 0 unspecified atom stereocenters. The average Bonchev–Trinajstić information content (AvgIpc) is 2.41. The first-order valence-corrected chi connectivity index (χ1v) is 5.59. The Labute approximate surface area is 103 Å². The van der Waals surface area contributed by atoms with Gasteiger partial charge in [0.2, 0.25) is 0 Å². The second kappa shape index (κ2) is 4.00. The van der Waals surface area contributed by atoms with Crippen LogP contribution in [0.1, 0.15) is 0 Å². The highest BCUT2D eigenvalue weighted by molar-refractivity contribution is 5.96. The molecule has 0 saturated carbocycles. The molecule has 0 spiro atoms. The summed E-state index contributed by atoms with van der Waals surface area (Å²) < 4.78 is 0. The predicted molar refractivity (Wildman–Crippen MR) is 72.2 cm³/mol. The van der Waals surface area contributed by atoms with E-state index in [1.165, 1.54) is 0 Å². The molecule has 0 aliphatic carbocycles. The number of nitrogens with two attached hydrogens (primary N) is 1. The first-order valence-electron chi connectivity index (χ1n) is 5.59. The number of rotatable bonds is 1. The van der Waals surface area contributed by atoms with Gasteiger partial charge in [-0.2, -0.15) is 5.10 Å². The van der Waals surface area contributed by atoms with Gasteiger partial charge >= 0.3 is 0 Å². The van der Waals surface area contributed by atoms with E-state index in [0.717, 1.165) is 10.9 Å². The lowest BCUT2D eigenvalue weighted by molar-refractivity contribution is 1.02. The van der Waals surface area contributed by atoms with E-state index in [0.29, 0.717) is 16.8 Å². The molecule has 1 heterocycles. The molecule has 0 saturated heterocycles. The number of aromatic nitrogens is 2. The van der Waals surface area contributed by atoms with Crippen molar-refractivity contribution >= 4 is 16.5 Å². The fourth-order valence-corrected chi connectivity index (χ4v) is 2.03. The predicted octanol–water partition coefficient (Wildman–Crippen LogP) is 2.17. The first kappa shape index (κ1) is 10.5. The molecular weight excluding hydrogens is 226 g/mol. The Morgan fingerprint density at radius 1 is 0.944 bits per heavy atom. The van der Waals surface area contributed by atoms with Crippen molar-refractivity contribution in [2.75, 3.05) is 5.73 Å². The topological polar surface area (TPSA) is 71.8 Å². The number of nitrogens with one attached hydrogen (secondary N) is 1. The van der Waals surface area contributed by atoms with Gasteiger partial charge in [-0.15, -0.1) is 0 Å². The Hall–Kier alpha value is -2.62. The molecule has 18 heavy (non-hydrogen) atoms. The summed E-state index contributed by atoms with van der Waals surface area (Å²) in [6.45, 7) is 0. The standard InChI is InChI=1S/C14H11N3O/c15-12-8-4-3-7-11(12)13-9-5-1-2-6-10(9)14(18)17-16-13/h1-8H,15H2,(H,17,18). The van der Waals surface area contributed by atoms with Gasteiger partial charge in [0.1, 0.15) is 5.69 Å². The molecule has 0 fully saturated rings. The van der Waals surface area contributed by atoms with Crippen molar-refractivity contribution in [3.05, 3.63) is 58.9 Å². The SMILES string of the molecule is Nc1ccccc1-c1n[nH]c(=O)c2ccccc12. The van der Waals surface area contributed by atoms with Crippen molar-refractivity contribution in [3.8, 4) is 11.3 Å². The van der Waals surface area contributed by atoms with E-state index in [1.807, 2.05) is 42.5 Å². The van der Waals surface area contributed by atoms with Crippen molar-refractivity contribution in [2.24, 2.45) is 0 Å². The van der Waals surface area contributed by atoms with E-state index in [9.17, 15) is 4.79 Å². The number of para-hydroxylation sites is 1. The first-order chi connectivity index (χ1) is 8.77. The van der Waals surface area contributed by atoms with Crippen LogP contribution < -0.4 is 11.3 Å². The molecule has 0 bridgehead atoms. The fraction of sp³-hybridized carbons (Fsp3) is 0. The van der Waals surface area contributed by atoms with Gasteiger partial charge in [-0.3, -0.25) is 4.79 Å². The number of nitrogens with zero attached hydrogens (tertiary/aromatic N) is 1. The summed E-state index contributed by atoms with van der Waals surface area (Å²) in [6, 6.07) is 14.8. The van der Waals surface area contributed by atoms with Gasteiger partial charge < -0.3 is 5.73 Å². The molecule has 2 aromatic carbocycles. The number of hydrogen-bond donors (Lipinski definition) is 2. The molecule has 3 aromatic rings. The summed E-state index contributed by atoms with van der Waals surface area (Å²) in [5, 5.41) is 8.05. The van der Waals surface area contributed by atoms with Gasteiger partial charge in [0, 0.05) is 16.6 Å². The van der Waals surface area contributed by atoms with Gasteiger partial charge in [-0.25, -0.2) is 5.10 Å². The zero-order valence-corrected chi connectivity index (χ0v) is 9.55. The van der Waals surface area contributed by atoms with E-state index in [1.54, 1.807) is 6.07 Å². The summed E-state index contributed by atoms with van der Waals surface area (Å²) in [7, 11) is 0. The Bertz CT molecular complexity index is 777. The molecule has 4 heteroatoms. The van der Waals surface area contributed by atoms with Crippen molar-refractivity contribution < 1.29 is 0 Å². The van der Waals surface area contributed by atoms with Gasteiger partial charge in [-0.05, 0) is 12.1 Å². The molecule has 0 aliphatic heterocycles. The molecule has 3 rings (SSSR count). The lowest BCUT2D eigenvalue weighted by Crippen LogP contribution is -2.09. The highest BCUT2D eigenvalue weighted by Crippen LogP contribution is 2.28. The molecule has 88 valence electrons. The molecule has 4 nitrogen and oxygen atoms in total. The van der Waals surface area contributed by atoms with Gasteiger partial charge in [0.05, 0.1) is 5.39 Å². The average molecular weight is 237 g/mol. The number of H-pyrrole nitrogens is 1. The third kappa shape index (κ3) is 1.55. The highest BCUT2D eigenvalue weighted by Gasteiger charge is 2.09. The molecule has 0 amide bonds. The molecule has 0 aliphatic rings. The molecule has 0 atom stereocenters. The van der Waals surface area contributed by atoms with E-state index in [2.05, 4.69) is 10.2 Å². The van der Waals surface area contributed by atoms with Crippen LogP contribution in [-0.4, -0.2) is 10.2 Å². The number of benzene rings is 2. The van der Waals surface area contributed by atoms with E-state index in [-0.39, 0.29) is 5.56 Å². The van der Waals surface area contributed by atoms with E-state index in [4.69, 9.17) is 5.73 Å². The third-order valence-electron chi connectivity index (χ3n) is 2.91. The lowest BCUT2D eigenvalue weighted by Gasteiger charge is -2.07. The van der Waals surface area contributed by atoms with Crippen molar-refractivity contribution in [1.29, 1.82) is 0 Å². The maximum atomic E-state index is 11.7. The van der Waals surface area contributed by atoms with Crippen LogP contribution in [0.5, 0.6) is 0 Å². The van der Waals surface area contributed by atoms with Crippen molar-refractivity contribution in [2.45, 2.75) is 0 Å². The largest absolute Gasteiger partial charge is 0.398 e. The molecule has 0 radical (unpaired) electrons. The Balaban J connectivity index is 2.41. The molecular formula is C14H11N3O. The fourth-order valence-electron chi connectivity index (χ4n) is 2.03. The van der Waals surface area contributed by atoms with Crippen LogP contribution in [0.15, 0.2) is 53.3 Å². The maximum Gasteiger partial charge on any atom is 0.272 e. The monoisotopic (exact) mass is 237 g/mol. The summed E-state index contributed by atoms with van der Waals surface area (Å²) in [5.41, 5.74) is 7.92. The highest BCUT2D eigenvalue weighted by atomic mass is 16.1. The van der Waals surface area contributed by atoms with Crippen molar-refractivity contribution in [1.82, 2.24) is 10.2 Å². The number of anilines is 1. The minimum absolute atomic E-state index is 0.191. The Morgan fingerprint density at radius 3 is 2.39 bits per heavy atom. The second-order valence-corrected chi connectivity index (χ2v) is 4.03. The zero-order chi connectivity index (χ0) is 12.5. The number of aromatic amines is 1. The smallest absolute Gasteiger partial charge is 0.272 e. The Morgan fingerprint density at radius 2 is 1.61 bits per heavy atom. The summed E-state index contributed by atoms with van der Waals surface area (Å²) in [6.07, 6.45) is 0. The summed E-state index contributed by atoms with van der Waals surface area (Å²) >= 11 is 0. The quantitative estimate of drug-likeness (QED) is 0.637. The van der Waals surface area contributed by atoms with Gasteiger partial charge in [-0.1, -0.05) is 36.4 Å². The van der Waals surface area contributed by atoms with Crippen LogP contribution in [0.3, 0.4) is 0 Å². The van der Waals surface area contributed by atoms with Crippen LogP contribution in [0.4, 0.5) is 5.69 Å². The number of nitrogen functional groups attached to an aromatic ring is 1. The second-order valence-electron chi connectivity index (χ2n) is 4.03. The van der Waals surface area contributed by atoms with Crippen molar-refractivity contribution in [3.63, 3.8) is 0 Å². The summed E-state index contributed by atoms with van der Waals surface area (Å²) in [5.74, 6) is 0. The Kier molecular flexibility index (Phi) is 2.34. The molecule has 3 N–H and O–H groups in total. The number of fused-ring (bicyclic) bond motifs is 1. The van der Waals surface area contributed by atoms with Crippen LogP contribution in [0.2, 0.25) is 0 Å². The third-order valence-corrected chi connectivity index (χ3v) is 2.91.